The van der Waals surface area contributed by atoms with E-state index >= 15 is 0 Å². The van der Waals surface area contributed by atoms with Gasteiger partial charge in [-0.2, -0.15) is 20.8 Å². The topological polar surface area (TPSA) is 57.5 Å². The molecular weight excluding hydrogens is 256 g/mol. The molecule has 0 spiro atoms. The Bertz CT molecular complexity index is 333. The maximum Gasteiger partial charge on any atom is 2.00 e. The van der Waals surface area contributed by atoms with Crippen molar-refractivity contribution in [3.63, 3.8) is 0 Å². The average Bonchev–Trinajstić information content (AvgIpc) is 2.18. The zero-order valence-electron chi connectivity index (χ0n) is 11.3. The second-order valence-corrected chi connectivity index (χ2v) is 3.61. The molecule has 0 unspecified atom stereocenters. The molecule has 0 aliphatic carbocycles. The van der Waals surface area contributed by atoms with Gasteiger partial charge in [-0.15, -0.1) is 0 Å². The fourth-order valence-electron chi connectivity index (χ4n) is 0.654. The summed E-state index contributed by atoms with van der Waals surface area (Å²) in [4.78, 5) is 10.3. The normalized spacial score (nSPS) is 7.78. The van der Waals surface area contributed by atoms with Crippen LogP contribution in [0.2, 0.25) is 0 Å². The second-order valence-electron chi connectivity index (χ2n) is 3.61. The van der Waals surface area contributed by atoms with Crippen LogP contribution >= 0.6 is 0 Å². The molecule has 0 radical (unpaired) electrons. The summed E-state index contributed by atoms with van der Waals surface area (Å²) in [7, 11) is 0. The van der Waals surface area contributed by atoms with Crippen molar-refractivity contribution in [1.29, 1.82) is 0 Å². The molecule has 0 heterocycles. The zero-order valence-corrected chi connectivity index (χ0v) is 13.5. The van der Waals surface area contributed by atoms with E-state index in [0.717, 1.165) is 0 Å². The summed E-state index contributed by atoms with van der Waals surface area (Å²) in [6, 6.07) is 5.81. The Hall–Kier alpha value is -0.640. The molecule has 0 amide bonds. The summed E-state index contributed by atoms with van der Waals surface area (Å²) in [5.41, 5.74) is -0.0671. The van der Waals surface area contributed by atoms with Crippen LogP contribution in [-0.2, 0) is 0 Å². The predicted molar refractivity (Wildman–Crippen MR) is 76.6 cm³/mol. The number of hydrogen-bond acceptors (Lipinski definition) is 2. The number of carboxylic acids is 1. The van der Waals surface area contributed by atoms with E-state index in [9.17, 15) is 4.79 Å². The summed E-state index contributed by atoms with van der Waals surface area (Å²) in [5, 5.41) is 17.3. The van der Waals surface area contributed by atoms with Crippen molar-refractivity contribution in [3.05, 3.63) is 55.3 Å². The molecule has 0 fully saturated rings. The van der Waals surface area contributed by atoms with E-state index in [2.05, 4.69) is 34.3 Å². The Morgan fingerprint density at radius 2 is 1.67 bits per heavy atom. The van der Waals surface area contributed by atoms with Crippen molar-refractivity contribution in [2.75, 3.05) is 0 Å². The van der Waals surface area contributed by atoms with Gasteiger partial charge in [0.05, 0.1) is 0 Å². The number of allylic oxidation sites excluding steroid dienone is 1. The minimum atomic E-state index is -1.11. The molecule has 4 heteroatoms. The Morgan fingerprint density at radius 3 is 1.89 bits per heavy atom. The Labute approximate surface area is 140 Å². The van der Waals surface area contributed by atoms with E-state index in [1.54, 1.807) is 12.1 Å². The molecule has 96 valence electrons. The van der Waals surface area contributed by atoms with Crippen LogP contribution in [0, 0.1) is 12.8 Å². The van der Waals surface area contributed by atoms with E-state index in [1.165, 1.54) is 24.1 Å². The van der Waals surface area contributed by atoms with Crippen molar-refractivity contribution in [2.24, 2.45) is 0 Å². The number of para-hydroxylation sites is 1. The number of hydrogen-bond donors (Lipinski definition) is 2. The molecule has 0 aliphatic rings. The van der Waals surface area contributed by atoms with E-state index in [0.29, 0.717) is 0 Å². The first kappa shape index (κ1) is 22.5. The van der Waals surface area contributed by atoms with Crippen molar-refractivity contribution >= 4 is 43.7 Å². The molecule has 2 N–H and O–H groups in total. The Morgan fingerprint density at radius 1 is 1.33 bits per heavy atom. The van der Waals surface area contributed by atoms with Gasteiger partial charge in [0.25, 0.3) is 0 Å². The fourth-order valence-corrected chi connectivity index (χ4v) is 0.654. The van der Waals surface area contributed by atoms with Crippen LogP contribution < -0.4 is 0 Å². The number of carboxylic acid groups (broad SMARTS) is 1. The van der Waals surface area contributed by atoms with Gasteiger partial charge in [-0.3, -0.25) is 0 Å². The second kappa shape index (κ2) is 14.4. The number of aromatic hydroxyl groups is 1. The third kappa shape index (κ3) is 15.4. The van der Waals surface area contributed by atoms with Crippen molar-refractivity contribution in [3.8, 4) is 5.75 Å². The number of phenols is 1. The maximum absolute atomic E-state index is 10.3. The number of carbonyl (C=O) groups is 1. The van der Waals surface area contributed by atoms with Gasteiger partial charge in [0.2, 0.25) is 0 Å². The zero-order chi connectivity index (χ0) is 13.8. The Balaban J connectivity index is -0.000000240. The molecule has 1 aromatic rings. The molecule has 18 heavy (non-hydrogen) atoms. The summed E-state index contributed by atoms with van der Waals surface area (Å²) in [6.45, 7) is 12.8. The molecule has 0 bridgehead atoms. The monoisotopic (exact) mass is 276 g/mol. The first-order valence-corrected chi connectivity index (χ1v) is 5.05. The van der Waals surface area contributed by atoms with Crippen LogP contribution in [0.25, 0.3) is 0 Å². The Kier molecular flexibility index (Phi) is 18.1. The summed E-state index contributed by atoms with van der Waals surface area (Å²) < 4.78 is 0. The molecule has 1 rings (SSSR count). The standard InChI is InChI=1S/C7H6O3.C4H9.C3H5.Ca/c8-6-4-2-1-3-5(6)7(9)10;1-4(2)3;1-3-2;/h1-4,8H,(H,9,10);1-3H3;3H,1-2H2;/q;2*-1;+2. The van der Waals surface area contributed by atoms with Crippen molar-refractivity contribution in [1.82, 2.24) is 0 Å². The van der Waals surface area contributed by atoms with Gasteiger partial charge in [0.15, 0.2) is 0 Å². The number of rotatable bonds is 1. The molecule has 3 nitrogen and oxygen atoms in total. The van der Waals surface area contributed by atoms with Gasteiger partial charge in [0, 0.05) is 0 Å². The van der Waals surface area contributed by atoms with Crippen LogP contribution in [0.1, 0.15) is 31.1 Å². The van der Waals surface area contributed by atoms with Crippen LogP contribution in [0.5, 0.6) is 5.75 Å². The quantitative estimate of drug-likeness (QED) is 0.611. The van der Waals surface area contributed by atoms with Gasteiger partial charge in [-0.25, -0.2) is 24.4 Å². The molecule has 0 atom stereocenters. The van der Waals surface area contributed by atoms with Crippen LogP contribution in [-0.4, -0.2) is 53.9 Å². The first-order chi connectivity index (χ1) is 7.86. The average molecular weight is 276 g/mol. The van der Waals surface area contributed by atoms with Crippen LogP contribution in [0.3, 0.4) is 0 Å². The molecule has 1 aromatic carbocycles. The molecule has 0 aliphatic heterocycles. The van der Waals surface area contributed by atoms with Crippen molar-refractivity contribution in [2.45, 2.75) is 20.8 Å². The van der Waals surface area contributed by atoms with Crippen LogP contribution in [0.15, 0.2) is 36.9 Å². The summed E-state index contributed by atoms with van der Waals surface area (Å²) in [5.74, 6) is 0.105. The molecular formula is C14H20CaO3. The van der Waals surface area contributed by atoms with Gasteiger partial charge < -0.3 is 16.1 Å². The van der Waals surface area contributed by atoms with E-state index < -0.39 is 5.97 Å². The van der Waals surface area contributed by atoms with E-state index in [4.69, 9.17) is 10.2 Å². The minimum absolute atomic E-state index is 0. The molecule has 0 saturated heterocycles. The molecule has 0 aromatic heterocycles. The predicted octanol–water partition coefficient (Wildman–Crippen LogP) is 3.34. The first-order valence-electron chi connectivity index (χ1n) is 5.05. The van der Waals surface area contributed by atoms with Gasteiger partial charge in [-0.1, -0.05) is 12.1 Å². The largest absolute Gasteiger partial charge is 2.00 e. The number of benzene rings is 1. The summed E-state index contributed by atoms with van der Waals surface area (Å²) >= 11 is 0. The SMILES string of the molecule is C=C[CH2-].C[C-](C)C.O=C(O)c1ccccc1O.[Ca+2]. The van der Waals surface area contributed by atoms with E-state index in [-0.39, 0.29) is 49.1 Å². The minimum Gasteiger partial charge on any atom is -0.507 e. The maximum atomic E-state index is 10.3. The number of aromatic carboxylic acids is 1. The smallest absolute Gasteiger partial charge is 0.507 e. The fraction of sp³-hybridized carbons (Fsp3) is 0.214. The van der Waals surface area contributed by atoms with Crippen molar-refractivity contribution < 1.29 is 15.0 Å². The van der Waals surface area contributed by atoms with Gasteiger partial charge >= 0.3 is 43.7 Å². The van der Waals surface area contributed by atoms with Crippen LogP contribution in [0.4, 0.5) is 0 Å². The molecule has 0 saturated carbocycles. The van der Waals surface area contributed by atoms with Gasteiger partial charge in [-0.05, 0) is 12.1 Å². The van der Waals surface area contributed by atoms with E-state index in [1.807, 2.05) is 0 Å². The third-order valence-electron chi connectivity index (χ3n) is 1.13. The third-order valence-corrected chi connectivity index (χ3v) is 1.13. The van der Waals surface area contributed by atoms with Gasteiger partial charge in [0.1, 0.15) is 11.3 Å². The summed E-state index contributed by atoms with van der Waals surface area (Å²) in [6.07, 6.45) is 1.50.